The monoisotopic (exact) mass is 336 g/mol. The summed E-state index contributed by atoms with van der Waals surface area (Å²) in [5.74, 6) is 0.344. The minimum atomic E-state index is -0.0857. The second-order valence-corrected chi connectivity index (χ2v) is 5.50. The van der Waals surface area contributed by atoms with Crippen LogP contribution >= 0.6 is 0 Å². The van der Waals surface area contributed by atoms with E-state index in [-0.39, 0.29) is 11.4 Å². The maximum atomic E-state index is 10.2. The Labute approximate surface area is 148 Å². The summed E-state index contributed by atoms with van der Waals surface area (Å²) in [6, 6.07) is 13.5. The van der Waals surface area contributed by atoms with Gasteiger partial charge in [-0.25, -0.2) is 9.97 Å². The number of aromatic nitrogens is 2. The van der Waals surface area contributed by atoms with Crippen LogP contribution in [-0.2, 0) is 6.42 Å². The average Bonchev–Trinajstić information content (AvgIpc) is 2.64. The van der Waals surface area contributed by atoms with E-state index >= 15 is 0 Å². The van der Waals surface area contributed by atoms with Crippen LogP contribution in [0.1, 0.15) is 30.7 Å². The van der Waals surface area contributed by atoms with Gasteiger partial charge >= 0.3 is 0 Å². The maximum Gasteiger partial charge on any atom is 0.163 e. The summed E-state index contributed by atoms with van der Waals surface area (Å²) in [6.45, 7) is 6.06. The topological polar surface area (TPSA) is 98.0 Å². The third kappa shape index (κ3) is 4.26. The predicted octanol–water partition coefficient (Wildman–Crippen LogP) is 3.94. The van der Waals surface area contributed by atoms with Gasteiger partial charge in [-0.1, -0.05) is 43.7 Å². The van der Waals surface area contributed by atoms with Crippen molar-refractivity contribution in [1.82, 2.24) is 9.97 Å². The Morgan fingerprint density at radius 3 is 2.32 bits per heavy atom. The summed E-state index contributed by atoms with van der Waals surface area (Å²) in [7, 11) is 0. The molecule has 0 fully saturated rings. The molecule has 5 nitrogen and oxygen atoms in total. The molecule has 5 N–H and O–H groups in total. The molecular weight excluding hydrogens is 312 g/mol. The number of nitrogen functional groups attached to an aromatic ring is 2. The molecule has 3 rings (SSSR count). The zero-order valence-corrected chi connectivity index (χ0v) is 14.8. The van der Waals surface area contributed by atoms with Crippen molar-refractivity contribution < 1.29 is 5.11 Å². The van der Waals surface area contributed by atoms with Crippen LogP contribution in [0.5, 0.6) is 5.75 Å². The van der Waals surface area contributed by atoms with Crippen LogP contribution in [0.15, 0.2) is 48.7 Å². The number of aryl methyl sites for hydroxylation is 1. The number of nitrogens with zero attached hydrogens (tertiary/aromatic N) is 2. The molecular formula is C20H24N4O. The van der Waals surface area contributed by atoms with E-state index in [4.69, 9.17) is 11.5 Å². The highest BCUT2D eigenvalue weighted by atomic mass is 16.3. The summed E-state index contributed by atoms with van der Waals surface area (Å²) in [5.41, 5.74) is 15.7. The molecule has 5 heteroatoms. The molecule has 0 bridgehead atoms. The first-order valence-electron chi connectivity index (χ1n) is 8.29. The standard InChI is InChI=1S/C18H18N4O.C2H6/c1-11-2-4-12(5-3-11)10-13-8-9-21-18(22-13)14-6-7-15(19)16(20)17(14)23;1-2/h2-9,23H,10,19-20H2,1H3;1-2H3. The summed E-state index contributed by atoms with van der Waals surface area (Å²) < 4.78 is 0. The Balaban J connectivity index is 0.00000109. The van der Waals surface area contributed by atoms with E-state index in [1.165, 1.54) is 11.1 Å². The second-order valence-electron chi connectivity index (χ2n) is 5.50. The maximum absolute atomic E-state index is 10.2. The van der Waals surface area contributed by atoms with Crippen LogP contribution < -0.4 is 11.5 Å². The van der Waals surface area contributed by atoms with Gasteiger partial charge in [-0.2, -0.15) is 0 Å². The molecule has 0 amide bonds. The number of hydrogen-bond donors (Lipinski definition) is 3. The smallest absolute Gasteiger partial charge is 0.163 e. The fourth-order valence-electron chi connectivity index (χ4n) is 2.34. The van der Waals surface area contributed by atoms with Crippen LogP contribution in [0.25, 0.3) is 11.4 Å². The molecule has 3 aromatic rings. The highest BCUT2D eigenvalue weighted by molar-refractivity contribution is 5.81. The first-order valence-corrected chi connectivity index (χ1v) is 8.29. The summed E-state index contributed by atoms with van der Waals surface area (Å²) >= 11 is 0. The van der Waals surface area contributed by atoms with E-state index in [1.807, 2.05) is 19.9 Å². The van der Waals surface area contributed by atoms with Crippen LogP contribution in [0, 0.1) is 6.92 Å². The number of nitrogens with two attached hydrogens (primary N) is 2. The van der Waals surface area contributed by atoms with Gasteiger partial charge in [-0.3, -0.25) is 0 Å². The molecule has 0 spiro atoms. The second kappa shape index (κ2) is 8.15. The van der Waals surface area contributed by atoms with Gasteiger partial charge in [0, 0.05) is 18.3 Å². The molecule has 0 aliphatic heterocycles. The summed E-state index contributed by atoms with van der Waals surface area (Å²) in [4.78, 5) is 8.75. The lowest BCUT2D eigenvalue weighted by molar-refractivity contribution is 0.480. The minimum Gasteiger partial charge on any atom is -0.505 e. The number of benzene rings is 2. The molecule has 1 heterocycles. The van der Waals surface area contributed by atoms with Gasteiger partial charge in [0.2, 0.25) is 0 Å². The number of phenolic OH excluding ortho intramolecular Hbond substituents is 1. The van der Waals surface area contributed by atoms with Crippen LogP contribution in [0.4, 0.5) is 11.4 Å². The molecule has 0 unspecified atom stereocenters. The van der Waals surface area contributed by atoms with E-state index < -0.39 is 0 Å². The lowest BCUT2D eigenvalue weighted by atomic mass is 10.1. The molecule has 0 saturated carbocycles. The molecule has 1 aromatic heterocycles. The van der Waals surface area contributed by atoms with Crippen molar-refractivity contribution in [3.05, 3.63) is 65.5 Å². The molecule has 0 saturated heterocycles. The van der Waals surface area contributed by atoms with Crippen LogP contribution in [-0.4, -0.2) is 15.1 Å². The summed E-state index contributed by atoms with van der Waals surface area (Å²) in [5, 5.41) is 10.2. The number of aromatic hydroxyl groups is 1. The quantitative estimate of drug-likeness (QED) is 0.497. The molecule has 130 valence electrons. The van der Waals surface area contributed by atoms with E-state index in [9.17, 15) is 5.11 Å². The fraction of sp³-hybridized carbons (Fsp3) is 0.200. The van der Waals surface area contributed by atoms with Crippen LogP contribution in [0.3, 0.4) is 0 Å². The number of hydrogen-bond acceptors (Lipinski definition) is 5. The Kier molecular flexibility index (Phi) is 5.95. The van der Waals surface area contributed by atoms with E-state index in [0.29, 0.717) is 23.5 Å². The van der Waals surface area contributed by atoms with E-state index in [0.717, 1.165) is 5.69 Å². The SMILES string of the molecule is CC.Cc1ccc(Cc2ccnc(-c3ccc(N)c(N)c3O)n2)cc1. The fourth-order valence-corrected chi connectivity index (χ4v) is 2.34. The van der Waals surface area contributed by atoms with Crippen molar-refractivity contribution in [1.29, 1.82) is 0 Å². The lowest BCUT2D eigenvalue weighted by Crippen LogP contribution is -1.99. The molecule has 25 heavy (non-hydrogen) atoms. The lowest BCUT2D eigenvalue weighted by Gasteiger charge is -2.09. The Morgan fingerprint density at radius 1 is 0.960 bits per heavy atom. The van der Waals surface area contributed by atoms with Gasteiger partial charge in [0.25, 0.3) is 0 Å². The van der Waals surface area contributed by atoms with E-state index in [1.54, 1.807) is 18.3 Å². The first kappa shape index (κ1) is 18.3. The van der Waals surface area contributed by atoms with Crippen molar-refractivity contribution in [2.75, 3.05) is 11.5 Å². The Hall–Kier alpha value is -3.08. The molecule has 0 aliphatic carbocycles. The van der Waals surface area contributed by atoms with Crippen molar-refractivity contribution in [2.24, 2.45) is 0 Å². The minimum absolute atomic E-state index is 0.0857. The Bertz CT molecular complexity index is 845. The molecule has 0 radical (unpaired) electrons. The highest BCUT2D eigenvalue weighted by Gasteiger charge is 2.12. The molecule has 0 aliphatic rings. The summed E-state index contributed by atoms with van der Waals surface area (Å²) in [6.07, 6.45) is 2.37. The van der Waals surface area contributed by atoms with Gasteiger partial charge in [0.05, 0.1) is 16.9 Å². The van der Waals surface area contributed by atoms with Crippen molar-refractivity contribution in [3.8, 4) is 17.1 Å². The van der Waals surface area contributed by atoms with Crippen molar-refractivity contribution in [2.45, 2.75) is 27.2 Å². The molecule has 2 aromatic carbocycles. The Morgan fingerprint density at radius 2 is 1.64 bits per heavy atom. The van der Waals surface area contributed by atoms with Gasteiger partial charge in [0.1, 0.15) is 0 Å². The highest BCUT2D eigenvalue weighted by Crippen LogP contribution is 2.35. The van der Waals surface area contributed by atoms with Gasteiger partial charge in [-0.05, 0) is 30.7 Å². The van der Waals surface area contributed by atoms with Gasteiger partial charge in [-0.15, -0.1) is 0 Å². The number of anilines is 2. The third-order valence-corrected chi connectivity index (χ3v) is 3.71. The first-order chi connectivity index (χ1) is 12.0. The third-order valence-electron chi connectivity index (χ3n) is 3.71. The number of rotatable bonds is 3. The zero-order valence-electron chi connectivity index (χ0n) is 14.8. The largest absolute Gasteiger partial charge is 0.505 e. The normalized spacial score (nSPS) is 10.0. The average molecular weight is 336 g/mol. The molecule has 0 atom stereocenters. The number of phenols is 1. The van der Waals surface area contributed by atoms with Crippen LogP contribution in [0.2, 0.25) is 0 Å². The zero-order chi connectivity index (χ0) is 18.4. The van der Waals surface area contributed by atoms with Gasteiger partial charge in [0.15, 0.2) is 11.6 Å². The van der Waals surface area contributed by atoms with Crippen molar-refractivity contribution >= 4 is 11.4 Å². The van der Waals surface area contributed by atoms with E-state index in [2.05, 4.69) is 41.2 Å². The van der Waals surface area contributed by atoms with Gasteiger partial charge < -0.3 is 16.6 Å². The van der Waals surface area contributed by atoms with Crippen molar-refractivity contribution in [3.63, 3.8) is 0 Å². The predicted molar refractivity (Wildman–Crippen MR) is 103 cm³/mol.